The largest absolute Gasteiger partial charge is 0.382 e. The molecule has 3 aromatic heterocycles. The summed E-state index contributed by atoms with van der Waals surface area (Å²) in [5.74, 6) is -0.294. The van der Waals surface area contributed by atoms with Crippen LogP contribution in [0.2, 0.25) is 5.02 Å². The van der Waals surface area contributed by atoms with Crippen molar-refractivity contribution in [3.05, 3.63) is 35.5 Å². The number of aromatic nitrogens is 4. The van der Waals surface area contributed by atoms with Gasteiger partial charge >= 0.3 is 0 Å². The summed E-state index contributed by atoms with van der Waals surface area (Å²) in [6, 6.07) is 1.59. The molecule has 166 valence electrons. The van der Waals surface area contributed by atoms with E-state index < -0.39 is 12.1 Å². The molecule has 0 bridgehead atoms. The first-order valence-corrected chi connectivity index (χ1v) is 10.7. The Morgan fingerprint density at radius 2 is 2.13 bits per heavy atom. The van der Waals surface area contributed by atoms with Crippen LogP contribution >= 0.6 is 11.6 Å². The van der Waals surface area contributed by atoms with Crippen molar-refractivity contribution in [2.24, 2.45) is 5.92 Å². The standard InChI is InChI=1S/C21H25ClFN5O3/c1-30-6-7-31-21(29)13-4-2-3-5-17(13)27-20-16(23)11-26-19(28-20)15-10-25-18-14(15)8-12(22)9-24-18/h8-11,13,17,21,29H,2-7H2,1H3,(H,24,25)(H,26,27,28). The smallest absolute Gasteiger partial charge is 0.183 e. The van der Waals surface area contributed by atoms with Crippen LogP contribution in [0.1, 0.15) is 25.7 Å². The van der Waals surface area contributed by atoms with Crippen molar-refractivity contribution in [1.29, 1.82) is 0 Å². The molecule has 31 heavy (non-hydrogen) atoms. The number of aliphatic hydroxyl groups excluding tert-OH is 1. The molecule has 8 nitrogen and oxygen atoms in total. The highest BCUT2D eigenvalue weighted by Crippen LogP contribution is 2.32. The van der Waals surface area contributed by atoms with Crippen LogP contribution in [-0.4, -0.2) is 57.7 Å². The monoisotopic (exact) mass is 449 g/mol. The van der Waals surface area contributed by atoms with Crippen molar-refractivity contribution in [2.45, 2.75) is 38.0 Å². The molecule has 3 N–H and O–H groups in total. The highest BCUT2D eigenvalue weighted by Gasteiger charge is 2.32. The average Bonchev–Trinajstić information content (AvgIpc) is 3.19. The number of aliphatic hydroxyl groups is 1. The number of ether oxygens (including phenoxy) is 2. The molecule has 0 aromatic carbocycles. The van der Waals surface area contributed by atoms with Gasteiger partial charge in [-0.1, -0.05) is 24.4 Å². The third-order valence-electron chi connectivity index (χ3n) is 5.57. The molecule has 3 aromatic rings. The van der Waals surface area contributed by atoms with E-state index in [2.05, 4.69) is 25.3 Å². The number of hydrogen-bond acceptors (Lipinski definition) is 7. The maximum atomic E-state index is 14.6. The lowest BCUT2D eigenvalue weighted by atomic mass is 9.84. The number of pyridine rings is 1. The van der Waals surface area contributed by atoms with Gasteiger partial charge in [-0.25, -0.2) is 19.3 Å². The van der Waals surface area contributed by atoms with Crippen molar-refractivity contribution in [3.63, 3.8) is 0 Å². The molecule has 1 fully saturated rings. The van der Waals surface area contributed by atoms with E-state index in [1.54, 1.807) is 25.6 Å². The van der Waals surface area contributed by atoms with Crippen LogP contribution in [0.4, 0.5) is 10.2 Å². The second-order valence-corrected chi connectivity index (χ2v) is 8.03. The second-order valence-electron chi connectivity index (χ2n) is 7.60. The van der Waals surface area contributed by atoms with E-state index in [9.17, 15) is 9.50 Å². The predicted molar refractivity (Wildman–Crippen MR) is 115 cm³/mol. The van der Waals surface area contributed by atoms with E-state index in [4.69, 9.17) is 21.1 Å². The van der Waals surface area contributed by atoms with Crippen molar-refractivity contribution in [1.82, 2.24) is 19.9 Å². The summed E-state index contributed by atoms with van der Waals surface area (Å²) in [7, 11) is 1.58. The van der Waals surface area contributed by atoms with Gasteiger partial charge in [0.25, 0.3) is 0 Å². The molecule has 1 aliphatic carbocycles. The Balaban J connectivity index is 1.57. The van der Waals surface area contributed by atoms with Crippen LogP contribution in [-0.2, 0) is 9.47 Å². The lowest BCUT2D eigenvalue weighted by Gasteiger charge is -2.35. The zero-order valence-electron chi connectivity index (χ0n) is 17.1. The molecular formula is C21H25ClFN5O3. The molecule has 3 heterocycles. The summed E-state index contributed by atoms with van der Waals surface area (Å²) in [4.78, 5) is 15.9. The highest BCUT2D eigenvalue weighted by molar-refractivity contribution is 6.31. The fraction of sp³-hybridized carbons (Fsp3) is 0.476. The van der Waals surface area contributed by atoms with Crippen LogP contribution in [0, 0.1) is 11.7 Å². The highest BCUT2D eigenvalue weighted by atomic mass is 35.5. The van der Waals surface area contributed by atoms with E-state index >= 15 is 0 Å². The van der Waals surface area contributed by atoms with E-state index in [0.717, 1.165) is 37.3 Å². The molecule has 10 heteroatoms. The van der Waals surface area contributed by atoms with E-state index in [1.165, 1.54) is 0 Å². The van der Waals surface area contributed by atoms with Crippen molar-refractivity contribution < 1.29 is 19.0 Å². The van der Waals surface area contributed by atoms with Crippen LogP contribution in [0.25, 0.3) is 22.4 Å². The van der Waals surface area contributed by atoms with Crippen molar-refractivity contribution in [2.75, 3.05) is 25.6 Å². The molecular weight excluding hydrogens is 425 g/mol. The summed E-state index contributed by atoms with van der Waals surface area (Å²) in [5.41, 5.74) is 1.32. The van der Waals surface area contributed by atoms with Gasteiger partial charge in [-0.2, -0.15) is 0 Å². The minimum atomic E-state index is -0.959. The molecule has 4 rings (SSSR count). The third-order valence-corrected chi connectivity index (χ3v) is 5.77. The Morgan fingerprint density at radius 1 is 1.29 bits per heavy atom. The number of halogens is 2. The van der Waals surface area contributed by atoms with E-state index in [1.807, 2.05) is 0 Å². The van der Waals surface area contributed by atoms with Gasteiger partial charge < -0.3 is 24.9 Å². The minimum Gasteiger partial charge on any atom is -0.382 e. The molecule has 0 spiro atoms. The Hall–Kier alpha value is -2.33. The van der Waals surface area contributed by atoms with Gasteiger partial charge in [-0.3, -0.25) is 0 Å². The normalized spacial score (nSPS) is 20.1. The number of nitrogens with zero attached hydrogens (tertiary/aromatic N) is 3. The predicted octanol–water partition coefficient (Wildman–Crippen LogP) is 3.76. The number of anilines is 1. The molecule has 0 saturated heterocycles. The minimum absolute atomic E-state index is 0.0929. The summed E-state index contributed by atoms with van der Waals surface area (Å²) >= 11 is 6.08. The first-order valence-electron chi connectivity index (χ1n) is 10.3. The quantitative estimate of drug-likeness (QED) is 0.355. The molecule has 0 radical (unpaired) electrons. The second kappa shape index (κ2) is 9.86. The van der Waals surface area contributed by atoms with Gasteiger partial charge in [0, 0.05) is 42.4 Å². The van der Waals surface area contributed by atoms with Gasteiger partial charge in [0.2, 0.25) is 0 Å². The topological polar surface area (TPSA) is 105 Å². The van der Waals surface area contributed by atoms with Gasteiger partial charge in [0.1, 0.15) is 5.65 Å². The van der Waals surface area contributed by atoms with Crippen molar-refractivity contribution >= 4 is 28.5 Å². The molecule has 3 atom stereocenters. The number of fused-ring (bicyclic) bond motifs is 1. The SMILES string of the molecule is COCCOC(O)C1CCCCC1Nc1nc(-c2c[nH]c3ncc(Cl)cc23)ncc1F. The third kappa shape index (κ3) is 4.95. The lowest BCUT2D eigenvalue weighted by molar-refractivity contribution is -0.150. The number of hydrogen-bond donors (Lipinski definition) is 3. The van der Waals surface area contributed by atoms with Crippen LogP contribution < -0.4 is 5.32 Å². The number of nitrogens with one attached hydrogen (secondary N) is 2. The fourth-order valence-corrected chi connectivity index (χ4v) is 4.15. The van der Waals surface area contributed by atoms with Gasteiger partial charge in [-0.15, -0.1) is 0 Å². The maximum absolute atomic E-state index is 14.6. The summed E-state index contributed by atoms with van der Waals surface area (Å²) in [6.45, 7) is 0.694. The van der Waals surface area contributed by atoms with Gasteiger partial charge in [-0.05, 0) is 18.9 Å². The number of H-pyrrole nitrogens is 1. The Labute approximate surface area is 184 Å². The molecule has 1 aliphatic rings. The summed E-state index contributed by atoms with van der Waals surface area (Å²) in [6.07, 6.45) is 6.97. The van der Waals surface area contributed by atoms with Gasteiger partial charge in [0.15, 0.2) is 23.7 Å². The van der Waals surface area contributed by atoms with Crippen LogP contribution in [0.15, 0.2) is 24.7 Å². The van der Waals surface area contributed by atoms with E-state index in [-0.39, 0.29) is 17.8 Å². The molecule has 0 aliphatic heterocycles. The fourth-order valence-electron chi connectivity index (χ4n) is 3.99. The number of methoxy groups -OCH3 is 1. The number of aromatic amines is 1. The molecule has 0 amide bonds. The van der Waals surface area contributed by atoms with E-state index in [0.29, 0.717) is 35.3 Å². The number of rotatable bonds is 8. The van der Waals surface area contributed by atoms with Crippen molar-refractivity contribution in [3.8, 4) is 11.4 Å². The van der Waals surface area contributed by atoms with Gasteiger partial charge in [0.05, 0.1) is 24.4 Å². The zero-order valence-corrected chi connectivity index (χ0v) is 17.9. The lowest BCUT2D eigenvalue weighted by Crippen LogP contribution is -2.41. The Morgan fingerprint density at radius 3 is 2.97 bits per heavy atom. The molecule has 1 saturated carbocycles. The summed E-state index contributed by atoms with van der Waals surface area (Å²) < 4.78 is 25.1. The van der Waals surface area contributed by atoms with Crippen LogP contribution in [0.5, 0.6) is 0 Å². The molecule has 3 unspecified atom stereocenters. The first-order chi connectivity index (χ1) is 15.1. The average molecular weight is 450 g/mol. The zero-order chi connectivity index (χ0) is 21.8. The summed E-state index contributed by atoms with van der Waals surface area (Å²) in [5, 5.41) is 14.9. The maximum Gasteiger partial charge on any atom is 0.183 e. The Kier molecular flexibility index (Phi) is 6.96. The van der Waals surface area contributed by atoms with Crippen LogP contribution in [0.3, 0.4) is 0 Å². The Bertz CT molecular complexity index is 1030. The first kappa shape index (κ1) is 21.9.